The van der Waals surface area contributed by atoms with Crippen LogP contribution < -0.4 is 5.73 Å². The molecule has 5 rings (SSSR count). The van der Waals surface area contributed by atoms with Crippen LogP contribution in [0, 0.1) is 0 Å². The summed E-state index contributed by atoms with van der Waals surface area (Å²) < 4.78 is 5.46. The van der Waals surface area contributed by atoms with Crippen LogP contribution in [0.15, 0.2) is 76.9 Å². The van der Waals surface area contributed by atoms with Crippen LogP contribution in [0.4, 0.5) is 0 Å². The van der Waals surface area contributed by atoms with Crippen molar-refractivity contribution >= 4 is 27.6 Å². The van der Waals surface area contributed by atoms with Crippen LogP contribution in [0.5, 0.6) is 0 Å². The molecule has 0 amide bonds. The van der Waals surface area contributed by atoms with Crippen molar-refractivity contribution in [1.29, 1.82) is 0 Å². The standard InChI is InChI=1S/C23H19NO/c24-23-16(14-17-5-3-13-25-17)8-10-21-20-9-7-15-4-1-2-6-18(15)19(20)11-12-22(21)23/h1-7,9,11-14,23H,8,10,24H2. The third-order valence-corrected chi connectivity index (χ3v) is 5.34. The molecule has 0 fully saturated rings. The van der Waals surface area contributed by atoms with Gasteiger partial charge in [-0.3, -0.25) is 0 Å². The highest BCUT2D eigenvalue weighted by atomic mass is 16.3. The molecule has 0 radical (unpaired) electrons. The van der Waals surface area contributed by atoms with E-state index in [1.807, 2.05) is 12.1 Å². The molecule has 4 aromatic rings. The van der Waals surface area contributed by atoms with Crippen molar-refractivity contribution < 1.29 is 4.42 Å². The van der Waals surface area contributed by atoms with Gasteiger partial charge < -0.3 is 10.2 Å². The molecule has 122 valence electrons. The third-order valence-electron chi connectivity index (χ3n) is 5.34. The Balaban J connectivity index is 1.68. The summed E-state index contributed by atoms with van der Waals surface area (Å²) >= 11 is 0. The van der Waals surface area contributed by atoms with Gasteiger partial charge in [-0.25, -0.2) is 0 Å². The average Bonchev–Trinajstić information content (AvgIpc) is 3.16. The fourth-order valence-corrected chi connectivity index (χ4v) is 4.08. The van der Waals surface area contributed by atoms with Gasteiger partial charge in [-0.1, -0.05) is 48.5 Å². The van der Waals surface area contributed by atoms with E-state index in [9.17, 15) is 0 Å². The highest BCUT2D eigenvalue weighted by Crippen LogP contribution is 2.39. The summed E-state index contributed by atoms with van der Waals surface area (Å²) in [5.41, 5.74) is 10.5. The number of fused-ring (bicyclic) bond motifs is 5. The van der Waals surface area contributed by atoms with Crippen molar-refractivity contribution in [2.75, 3.05) is 0 Å². The zero-order chi connectivity index (χ0) is 16.8. The number of hydrogen-bond donors (Lipinski definition) is 1. The minimum atomic E-state index is -0.0651. The summed E-state index contributed by atoms with van der Waals surface area (Å²) in [6.45, 7) is 0. The van der Waals surface area contributed by atoms with E-state index in [1.54, 1.807) is 6.26 Å². The van der Waals surface area contributed by atoms with Crippen LogP contribution >= 0.6 is 0 Å². The summed E-state index contributed by atoms with van der Waals surface area (Å²) in [6.07, 6.45) is 5.79. The number of furan rings is 1. The molecule has 1 atom stereocenters. The molecule has 25 heavy (non-hydrogen) atoms. The van der Waals surface area contributed by atoms with Crippen LogP contribution in [0.3, 0.4) is 0 Å². The lowest BCUT2D eigenvalue weighted by atomic mass is 9.81. The summed E-state index contributed by atoms with van der Waals surface area (Å²) in [5.74, 6) is 0.876. The van der Waals surface area contributed by atoms with Gasteiger partial charge in [-0.2, -0.15) is 0 Å². The van der Waals surface area contributed by atoms with Gasteiger partial charge in [0.25, 0.3) is 0 Å². The van der Waals surface area contributed by atoms with E-state index in [0.29, 0.717) is 0 Å². The highest BCUT2D eigenvalue weighted by Gasteiger charge is 2.23. The first kappa shape index (κ1) is 14.5. The molecule has 0 spiro atoms. The molecule has 0 saturated heterocycles. The first-order chi connectivity index (χ1) is 12.3. The van der Waals surface area contributed by atoms with Crippen molar-refractivity contribution in [2.24, 2.45) is 5.73 Å². The zero-order valence-electron chi connectivity index (χ0n) is 13.9. The van der Waals surface area contributed by atoms with E-state index in [-0.39, 0.29) is 6.04 Å². The molecular weight excluding hydrogens is 306 g/mol. The summed E-state index contributed by atoms with van der Waals surface area (Å²) in [7, 11) is 0. The second-order valence-electron chi connectivity index (χ2n) is 6.73. The zero-order valence-corrected chi connectivity index (χ0v) is 13.9. The minimum Gasteiger partial charge on any atom is -0.465 e. The predicted octanol–water partition coefficient (Wildman–Crippen LogP) is 5.62. The average molecular weight is 325 g/mol. The number of benzene rings is 3. The van der Waals surface area contributed by atoms with Gasteiger partial charge in [0.2, 0.25) is 0 Å². The maximum Gasteiger partial charge on any atom is 0.126 e. The van der Waals surface area contributed by atoms with Gasteiger partial charge in [0, 0.05) is 0 Å². The summed E-state index contributed by atoms with van der Waals surface area (Å²) in [5, 5.41) is 5.26. The Bertz CT molecular complexity index is 1110. The van der Waals surface area contributed by atoms with Gasteiger partial charge in [0.15, 0.2) is 0 Å². The van der Waals surface area contributed by atoms with Crippen molar-refractivity contribution in [3.05, 3.63) is 89.4 Å². The fourth-order valence-electron chi connectivity index (χ4n) is 4.08. The topological polar surface area (TPSA) is 39.2 Å². The molecule has 1 aliphatic rings. The minimum absolute atomic E-state index is 0.0651. The Kier molecular flexibility index (Phi) is 3.25. The van der Waals surface area contributed by atoms with Crippen LogP contribution in [0.1, 0.15) is 29.3 Å². The molecule has 0 bridgehead atoms. The highest BCUT2D eigenvalue weighted by molar-refractivity contribution is 6.08. The lowest BCUT2D eigenvalue weighted by Crippen LogP contribution is -2.20. The number of rotatable bonds is 1. The summed E-state index contributed by atoms with van der Waals surface area (Å²) in [4.78, 5) is 0. The van der Waals surface area contributed by atoms with Gasteiger partial charge >= 0.3 is 0 Å². The van der Waals surface area contributed by atoms with E-state index < -0.39 is 0 Å². The van der Waals surface area contributed by atoms with Crippen molar-refractivity contribution in [2.45, 2.75) is 18.9 Å². The van der Waals surface area contributed by atoms with Crippen LogP contribution in [0.25, 0.3) is 27.6 Å². The predicted molar refractivity (Wildman–Crippen MR) is 103 cm³/mol. The molecule has 2 nitrogen and oxygen atoms in total. The molecular formula is C23H19NO. The quantitative estimate of drug-likeness (QED) is 0.462. The summed E-state index contributed by atoms with van der Waals surface area (Å²) in [6, 6.07) is 21.3. The Labute approximate surface area is 146 Å². The lowest BCUT2D eigenvalue weighted by molar-refractivity contribution is 0.555. The van der Waals surface area contributed by atoms with Gasteiger partial charge in [-0.15, -0.1) is 0 Å². The molecule has 1 aliphatic carbocycles. The molecule has 1 heterocycles. The molecule has 0 aliphatic heterocycles. The second kappa shape index (κ2) is 5.61. The maximum absolute atomic E-state index is 6.60. The second-order valence-corrected chi connectivity index (χ2v) is 6.73. The van der Waals surface area contributed by atoms with Crippen molar-refractivity contribution in [3.63, 3.8) is 0 Å². The first-order valence-electron chi connectivity index (χ1n) is 8.74. The van der Waals surface area contributed by atoms with E-state index in [0.717, 1.165) is 18.6 Å². The van der Waals surface area contributed by atoms with E-state index in [2.05, 4.69) is 54.6 Å². The molecule has 2 N–H and O–H groups in total. The maximum atomic E-state index is 6.60. The largest absolute Gasteiger partial charge is 0.465 e. The number of hydrogen-bond acceptors (Lipinski definition) is 2. The number of aryl methyl sites for hydroxylation is 1. The van der Waals surface area contributed by atoms with E-state index >= 15 is 0 Å². The van der Waals surface area contributed by atoms with Crippen molar-refractivity contribution in [3.8, 4) is 0 Å². The smallest absolute Gasteiger partial charge is 0.126 e. The molecule has 2 heteroatoms. The Morgan fingerprint density at radius 3 is 2.60 bits per heavy atom. The van der Waals surface area contributed by atoms with E-state index in [4.69, 9.17) is 10.2 Å². The van der Waals surface area contributed by atoms with Gasteiger partial charge in [0.05, 0.1) is 12.3 Å². The Morgan fingerprint density at radius 1 is 0.840 bits per heavy atom. The molecule has 1 unspecified atom stereocenters. The van der Waals surface area contributed by atoms with Crippen LogP contribution in [-0.2, 0) is 6.42 Å². The van der Waals surface area contributed by atoms with Gasteiger partial charge in [0.1, 0.15) is 5.76 Å². The Morgan fingerprint density at radius 2 is 1.72 bits per heavy atom. The van der Waals surface area contributed by atoms with Crippen molar-refractivity contribution in [1.82, 2.24) is 0 Å². The van der Waals surface area contributed by atoms with Crippen LogP contribution in [-0.4, -0.2) is 0 Å². The first-order valence-corrected chi connectivity index (χ1v) is 8.74. The monoisotopic (exact) mass is 325 g/mol. The normalized spacial score (nSPS) is 18.8. The fraction of sp³-hybridized carbons (Fsp3) is 0.130. The van der Waals surface area contributed by atoms with Gasteiger partial charge in [-0.05, 0) is 69.3 Å². The SMILES string of the molecule is NC1C(=Cc2ccco2)CCc2c1ccc1c2ccc2ccccc21. The third kappa shape index (κ3) is 2.30. The lowest BCUT2D eigenvalue weighted by Gasteiger charge is -2.27. The van der Waals surface area contributed by atoms with Crippen LogP contribution in [0.2, 0.25) is 0 Å². The molecule has 0 saturated carbocycles. The molecule has 3 aromatic carbocycles. The number of nitrogens with two attached hydrogens (primary N) is 1. The Hall–Kier alpha value is -2.84. The van der Waals surface area contributed by atoms with E-state index in [1.165, 1.54) is 38.2 Å². The molecule has 1 aromatic heterocycles.